The van der Waals surface area contributed by atoms with Crippen LogP contribution in [0.1, 0.15) is 26.0 Å². The van der Waals surface area contributed by atoms with Gasteiger partial charge < -0.3 is 10.6 Å². The van der Waals surface area contributed by atoms with Crippen molar-refractivity contribution in [3.05, 3.63) is 42.1 Å². The Labute approximate surface area is 143 Å². The molecule has 1 aliphatic heterocycles. The molecule has 0 spiro atoms. The van der Waals surface area contributed by atoms with E-state index in [1.54, 1.807) is 0 Å². The van der Waals surface area contributed by atoms with Crippen LogP contribution in [0.4, 0.5) is 4.79 Å². The van der Waals surface area contributed by atoms with Crippen molar-refractivity contribution < 1.29 is 4.79 Å². The van der Waals surface area contributed by atoms with Gasteiger partial charge in [0.1, 0.15) is 0 Å². The highest BCUT2D eigenvalue weighted by Gasteiger charge is 2.23. The topological polar surface area (TPSA) is 57.3 Å². The number of nitrogens with zero attached hydrogens (tertiary/aromatic N) is 2. The maximum Gasteiger partial charge on any atom is 0.314 e. The van der Waals surface area contributed by atoms with Gasteiger partial charge in [-0.05, 0) is 44.9 Å². The van der Waals surface area contributed by atoms with Crippen LogP contribution in [0.15, 0.2) is 36.4 Å². The average molecular weight is 326 g/mol. The third kappa shape index (κ3) is 4.45. The Morgan fingerprint density at radius 1 is 1.29 bits per heavy atom. The number of pyridine rings is 1. The molecule has 1 fully saturated rings. The summed E-state index contributed by atoms with van der Waals surface area (Å²) < 4.78 is 0. The lowest BCUT2D eigenvalue weighted by Crippen LogP contribution is -2.41. The first-order valence-corrected chi connectivity index (χ1v) is 8.71. The zero-order chi connectivity index (χ0) is 16.9. The summed E-state index contributed by atoms with van der Waals surface area (Å²) in [6, 6.07) is 12.6. The second kappa shape index (κ2) is 7.62. The zero-order valence-corrected chi connectivity index (χ0v) is 14.5. The number of aromatic nitrogens is 1. The third-order valence-corrected chi connectivity index (χ3v) is 4.38. The Hall–Kier alpha value is -2.14. The van der Waals surface area contributed by atoms with E-state index in [1.807, 2.05) is 26.0 Å². The van der Waals surface area contributed by atoms with Crippen molar-refractivity contribution in [3.63, 3.8) is 0 Å². The molecule has 2 N–H and O–H groups in total. The second-order valence-corrected chi connectivity index (χ2v) is 6.89. The average Bonchev–Trinajstić information content (AvgIpc) is 3.00. The predicted octanol–water partition coefficient (Wildman–Crippen LogP) is 2.76. The van der Waals surface area contributed by atoms with Crippen molar-refractivity contribution in [2.75, 3.05) is 19.6 Å². The first-order chi connectivity index (χ1) is 11.6. The smallest absolute Gasteiger partial charge is 0.314 e. The van der Waals surface area contributed by atoms with Crippen LogP contribution >= 0.6 is 0 Å². The van der Waals surface area contributed by atoms with E-state index in [0.29, 0.717) is 5.92 Å². The standard InChI is InChI=1S/C19H26N4O/c1-14(2)21-19(24)20-11-15-9-10-23(12-15)13-17-8-7-16-5-3-4-6-18(16)22-17/h3-8,14-15H,9-13H2,1-2H3,(H2,20,21,24)/t15-/m0/s1. The molecule has 5 heteroatoms. The van der Waals surface area contributed by atoms with E-state index < -0.39 is 0 Å². The zero-order valence-electron chi connectivity index (χ0n) is 14.5. The fourth-order valence-corrected chi connectivity index (χ4v) is 3.20. The molecule has 0 radical (unpaired) electrons. The van der Waals surface area contributed by atoms with Crippen molar-refractivity contribution in [1.29, 1.82) is 0 Å². The molecule has 1 atom stereocenters. The van der Waals surface area contributed by atoms with Gasteiger partial charge in [0, 0.05) is 31.1 Å². The monoisotopic (exact) mass is 326 g/mol. The van der Waals surface area contributed by atoms with Crippen LogP contribution in [0.2, 0.25) is 0 Å². The Morgan fingerprint density at radius 2 is 2.12 bits per heavy atom. The largest absolute Gasteiger partial charge is 0.338 e. The first kappa shape index (κ1) is 16.7. The van der Waals surface area contributed by atoms with Gasteiger partial charge in [0.15, 0.2) is 0 Å². The van der Waals surface area contributed by atoms with E-state index in [-0.39, 0.29) is 12.1 Å². The number of amides is 2. The summed E-state index contributed by atoms with van der Waals surface area (Å²) in [4.78, 5) is 18.8. The molecule has 2 heterocycles. The van der Waals surface area contributed by atoms with Crippen LogP contribution in [0.5, 0.6) is 0 Å². The number of urea groups is 1. The summed E-state index contributed by atoms with van der Waals surface area (Å²) >= 11 is 0. The normalized spacial score (nSPS) is 18.2. The Balaban J connectivity index is 1.49. The summed E-state index contributed by atoms with van der Waals surface area (Å²) in [6.45, 7) is 7.61. The fraction of sp³-hybridized carbons (Fsp3) is 0.474. The van der Waals surface area contributed by atoms with Crippen molar-refractivity contribution in [2.24, 2.45) is 5.92 Å². The minimum atomic E-state index is -0.0698. The molecular weight excluding hydrogens is 300 g/mol. The second-order valence-electron chi connectivity index (χ2n) is 6.89. The lowest BCUT2D eigenvalue weighted by atomic mass is 10.1. The Bertz CT molecular complexity index is 701. The highest BCUT2D eigenvalue weighted by atomic mass is 16.2. The summed E-state index contributed by atoms with van der Waals surface area (Å²) in [5, 5.41) is 7.01. The van der Waals surface area contributed by atoms with Gasteiger partial charge in [0.25, 0.3) is 0 Å². The molecule has 3 rings (SSSR count). The van der Waals surface area contributed by atoms with Crippen LogP contribution in [0.25, 0.3) is 10.9 Å². The van der Waals surface area contributed by atoms with Gasteiger partial charge in [-0.1, -0.05) is 24.3 Å². The van der Waals surface area contributed by atoms with E-state index in [1.165, 1.54) is 5.39 Å². The molecule has 2 aromatic rings. The molecule has 1 saturated heterocycles. The quantitative estimate of drug-likeness (QED) is 0.888. The van der Waals surface area contributed by atoms with Gasteiger partial charge in [-0.2, -0.15) is 0 Å². The number of hydrogen-bond donors (Lipinski definition) is 2. The molecule has 5 nitrogen and oxygen atoms in total. The third-order valence-electron chi connectivity index (χ3n) is 4.38. The van der Waals surface area contributed by atoms with E-state index in [0.717, 1.165) is 43.8 Å². The Kier molecular flexibility index (Phi) is 5.30. The SMILES string of the molecule is CC(C)NC(=O)NC[C@@H]1CCN(Cc2ccc3ccccc3n2)C1. The van der Waals surface area contributed by atoms with E-state index >= 15 is 0 Å². The van der Waals surface area contributed by atoms with Crippen LogP contribution in [-0.2, 0) is 6.54 Å². The van der Waals surface area contributed by atoms with Crippen LogP contribution in [0, 0.1) is 5.92 Å². The number of rotatable bonds is 5. The van der Waals surface area contributed by atoms with E-state index in [2.05, 4.69) is 39.8 Å². The Morgan fingerprint density at radius 3 is 2.96 bits per heavy atom. The fourth-order valence-electron chi connectivity index (χ4n) is 3.20. The number of fused-ring (bicyclic) bond motifs is 1. The van der Waals surface area contributed by atoms with Gasteiger partial charge in [-0.3, -0.25) is 9.88 Å². The first-order valence-electron chi connectivity index (χ1n) is 8.71. The van der Waals surface area contributed by atoms with Crippen LogP contribution in [0.3, 0.4) is 0 Å². The van der Waals surface area contributed by atoms with Gasteiger partial charge in [-0.25, -0.2) is 4.79 Å². The van der Waals surface area contributed by atoms with Crippen LogP contribution in [-0.4, -0.2) is 41.6 Å². The number of para-hydroxylation sites is 1. The molecule has 0 bridgehead atoms. The molecule has 0 unspecified atom stereocenters. The van der Waals surface area contributed by atoms with E-state index in [4.69, 9.17) is 4.98 Å². The molecule has 128 valence electrons. The van der Waals surface area contributed by atoms with E-state index in [9.17, 15) is 4.79 Å². The van der Waals surface area contributed by atoms with Gasteiger partial charge >= 0.3 is 6.03 Å². The summed E-state index contributed by atoms with van der Waals surface area (Å²) in [6.07, 6.45) is 1.12. The number of benzene rings is 1. The molecule has 24 heavy (non-hydrogen) atoms. The highest BCUT2D eigenvalue weighted by molar-refractivity contribution is 5.78. The lowest BCUT2D eigenvalue weighted by Gasteiger charge is -2.17. The van der Waals surface area contributed by atoms with Crippen molar-refractivity contribution in [2.45, 2.75) is 32.9 Å². The minimum absolute atomic E-state index is 0.0698. The van der Waals surface area contributed by atoms with Crippen LogP contribution < -0.4 is 10.6 Å². The lowest BCUT2D eigenvalue weighted by molar-refractivity contribution is 0.236. The number of carbonyl (C=O) groups is 1. The molecule has 1 aliphatic rings. The van der Waals surface area contributed by atoms with Gasteiger partial charge in [-0.15, -0.1) is 0 Å². The molecule has 1 aromatic heterocycles. The van der Waals surface area contributed by atoms with Crippen molar-refractivity contribution in [3.8, 4) is 0 Å². The predicted molar refractivity (Wildman–Crippen MR) is 96.8 cm³/mol. The summed E-state index contributed by atoms with van der Waals surface area (Å²) in [5.74, 6) is 0.517. The minimum Gasteiger partial charge on any atom is -0.338 e. The molecule has 0 saturated carbocycles. The maximum atomic E-state index is 11.7. The number of likely N-dealkylation sites (tertiary alicyclic amines) is 1. The molecule has 0 aliphatic carbocycles. The van der Waals surface area contributed by atoms with Crippen molar-refractivity contribution in [1.82, 2.24) is 20.5 Å². The molecule has 2 amide bonds. The van der Waals surface area contributed by atoms with Crippen molar-refractivity contribution >= 4 is 16.9 Å². The number of nitrogens with one attached hydrogen (secondary N) is 2. The highest BCUT2D eigenvalue weighted by Crippen LogP contribution is 2.19. The summed E-state index contributed by atoms with van der Waals surface area (Å²) in [5.41, 5.74) is 2.16. The van der Waals surface area contributed by atoms with Gasteiger partial charge in [0.2, 0.25) is 0 Å². The molecular formula is C19H26N4O. The maximum absolute atomic E-state index is 11.7. The molecule has 1 aromatic carbocycles. The summed E-state index contributed by atoms with van der Waals surface area (Å²) in [7, 11) is 0. The number of carbonyl (C=O) groups excluding carboxylic acids is 1. The number of hydrogen-bond acceptors (Lipinski definition) is 3. The van der Waals surface area contributed by atoms with Gasteiger partial charge in [0.05, 0.1) is 11.2 Å².